The summed E-state index contributed by atoms with van der Waals surface area (Å²) in [6.07, 6.45) is 1.57. The van der Waals surface area contributed by atoms with Crippen molar-refractivity contribution in [3.8, 4) is 0 Å². The standard InChI is InChI=1S/C24H22O3S/c1-24(2,23(25)20-14-8-4-9-15-20)18-22(19-12-6-3-7-13-19)28(26,27)21-16-10-5-11-17-21/h3-18H,1-2H3/b22-18-. The molecule has 142 valence electrons. The molecular weight excluding hydrogens is 368 g/mol. The first kappa shape index (κ1) is 19.8. The van der Waals surface area contributed by atoms with Crippen LogP contribution in [0.25, 0.3) is 4.91 Å². The number of rotatable bonds is 6. The second-order valence-electron chi connectivity index (χ2n) is 7.11. The van der Waals surface area contributed by atoms with Gasteiger partial charge in [0.15, 0.2) is 5.78 Å². The van der Waals surface area contributed by atoms with E-state index in [1.54, 1.807) is 98.8 Å². The summed E-state index contributed by atoms with van der Waals surface area (Å²) < 4.78 is 26.8. The number of ketones is 1. The third-order valence-electron chi connectivity index (χ3n) is 4.51. The number of allylic oxidation sites excluding steroid dienone is 1. The van der Waals surface area contributed by atoms with Crippen LogP contribution >= 0.6 is 0 Å². The van der Waals surface area contributed by atoms with E-state index in [0.717, 1.165) is 0 Å². The van der Waals surface area contributed by atoms with Crippen LogP contribution in [0.5, 0.6) is 0 Å². The Kier molecular flexibility index (Phi) is 5.61. The van der Waals surface area contributed by atoms with Gasteiger partial charge in [0.2, 0.25) is 9.84 Å². The molecule has 0 saturated carbocycles. The minimum Gasteiger partial charge on any atom is -0.293 e. The van der Waals surface area contributed by atoms with Gasteiger partial charge in [-0.1, -0.05) is 84.9 Å². The Balaban J connectivity index is 2.16. The molecule has 4 heteroatoms. The maximum atomic E-state index is 13.4. The van der Waals surface area contributed by atoms with E-state index in [9.17, 15) is 13.2 Å². The normalized spacial score (nSPS) is 12.6. The molecule has 28 heavy (non-hydrogen) atoms. The maximum Gasteiger partial charge on any atom is 0.206 e. The average Bonchev–Trinajstić information content (AvgIpc) is 2.73. The second kappa shape index (κ2) is 7.95. The molecule has 0 amide bonds. The summed E-state index contributed by atoms with van der Waals surface area (Å²) >= 11 is 0. The van der Waals surface area contributed by atoms with Gasteiger partial charge in [0, 0.05) is 11.0 Å². The van der Waals surface area contributed by atoms with Crippen molar-refractivity contribution in [3.63, 3.8) is 0 Å². The van der Waals surface area contributed by atoms with Crippen molar-refractivity contribution >= 4 is 20.5 Å². The number of Topliss-reactive ketones (excluding diaryl/α,β-unsaturated/α-hetero) is 1. The first-order valence-electron chi connectivity index (χ1n) is 9.01. The van der Waals surface area contributed by atoms with Crippen molar-refractivity contribution in [2.75, 3.05) is 0 Å². The highest BCUT2D eigenvalue weighted by Gasteiger charge is 2.31. The molecule has 3 aromatic rings. The van der Waals surface area contributed by atoms with Crippen molar-refractivity contribution in [2.24, 2.45) is 5.41 Å². The largest absolute Gasteiger partial charge is 0.293 e. The molecular formula is C24H22O3S. The van der Waals surface area contributed by atoms with Gasteiger partial charge in [-0.2, -0.15) is 0 Å². The zero-order valence-electron chi connectivity index (χ0n) is 15.9. The summed E-state index contributed by atoms with van der Waals surface area (Å²) in [6, 6.07) is 26.1. The lowest BCUT2D eigenvalue weighted by Crippen LogP contribution is -2.23. The van der Waals surface area contributed by atoms with Gasteiger partial charge in [-0.05, 0) is 31.5 Å². The van der Waals surface area contributed by atoms with Crippen LogP contribution in [0.2, 0.25) is 0 Å². The maximum absolute atomic E-state index is 13.4. The molecule has 0 atom stereocenters. The van der Waals surface area contributed by atoms with E-state index in [4.69, 9.17) is 0 Å². The molecule has 0 N–H and O–H groups in total. The molecule has 3 nitrogen and oxygen atoms in total. The van der Waals surface area contributed by atoms with Crippen molar-refractivity contribution < 1.29 is 13.2 Å². The predicted molar refractivity (Wildman–Crippen MR) is 113 cm³/mol. The van der Waals surface area contributed by atoms with E-state index in [2.05, 4.69) is 0 Å². The Labute approximate surface area is 166 Å². The van der Waals surface area contributed by atoms with Gasteiger partial charge in [0.1, 0.15) is 0 Å². The molecule has 0 bridgehead atoms. The predicted octanol–water partition coefficient (Wildman–Crippen LogP) is 5.41. The van der Waals surface area contributed by atoms with Crippen LogP contribution in [0.15, 0.2) is 102 Å². The minimum atomic E-state index is -3.79. The van der Waals surface area contributed by atoms with Gasteiger partial charge in [-0.25, -0.2) is 8.42 Å². The minimum absolute atomic E-state index is 0.133. The molecule has 3 aromatic carbocycles. The van der Waals surface area contributed by atoms with Crippen molar-refractivity contribution in [1.29, 1.82) is 0 Å². The van der Waals surface area contributed by atoms with E-state index in [-0.39, 0.29) is 15.6 Å². The zero-order chi connectivity index (χ0) is 20.2. The van der Waals surface area contributed by atoms with Crippen LogP contribution in [0.4, 0.5) is 0 Å². The summed E-state index contributed by atoms with van der Waals surface area (Å²) in [4.78, 5) is 13.4. The van der Waals surface area contributed by atoms with Crippen LogP contribution in [0.1, 0.15) is 29.8 Å². The molecule has 0 aliphatic rings. The summed E-state index contributed by atoms with van der Waals surface area (Å²) in [6.45, 7) is 3.48. The fourth-order valence-corrected chi connectivity index (χ4v) is 4.67. The molecule has 0 aromatic heterocycles. The summed E-state index contributed by atoms with van der Waals surface area (Å²) in [5.74, 6) is -0.134. The molecule has 0 aliphatic carbocycles. The van der Waals surface area contributed by atoms with Crippen LogP contribution in [-0.2, 0) is 9.84 Å². The van der Waals surface area contributed by atoms with E-state index in [1.807, 2.05) is 12.1 Å². The molecule has 3 rings (SSSR count). The van der Waals surface area contributed by atoms with Crippen LogP contribution in [-0.4, -0.2) is 14.2 Å². The molecule has 0 aliphatic heterocycles. The number of benzene rings is 3. The Bertz CT molecular complexity index is 1080. The fourth-order valence-electron chi connectivity index (χ4n) is 3.00. The Morgan fingerprint density at radius 2 is 1.14 bits per heavy atom. The SMILES string of the molecule is CC(C)(/C=C(/c1ccccc1)S(=O)(=O)c1ccccc1)C(=O)c1ccccc1. The lowest BCUT2D eigenvalue weighted by atomic mass is 9.83. The lowest BCUT2D eigenvalue weighted by Gasteiger charge is -2.21. The number of carbonyl (C=O) groups excluding carboxylic acids is 1. The van der Waals surface area contributed by atoms with E-state index in [1.165, 1.54) is 0 Å². The van der Waals surface area contributed by atoms with Crippen LogP contribution in [0.3, 0.4) is 0 Å². The van der Waals surface area contributed by atoms with Crippen LogP contribution < -0.4 is 0 Å². The van der Waals surface area contributed by atoms with Crippen LogP contribution in [0, 0.1) is 5.41 Å². The second-order valence-corrected chi connectivity index (χ2v) is 9.03. The van der Waals surface area contributed by atoms with Gasteiger partial charge in [-0.15, -0.1) is 0 Å². The Morgan fingerprint density at radius 3 is 1.64 bits per heavy atom. The Morgan fingerprint density at radius 1 is 0.714 bits per heavy atom. The van der Waals surface area contributed by atoms with Crippen molar-refractivity contribution in [2.45, 2.75) is 18.7 Å². The third kappa shape index (κ3) is 4.12. The summed E-state index contributed by atoms with van der Waals surface area (Å²) in [7, 11) is -3.79. The van der Waals surface area contributed by atoms with Crippen molar-refractivity contribution in [1.82, 2.24) is 0 Å². The fraction of sp³-hybridized carbons (Fsp3) is 0.125. The molecule has 0 saturated heterocycles. The highest BCUT2D eigenvalue weighted by molar-refractivity contribution is 8.00. The highest BCUT2D eigenvalue weighted by Crippen LogP contribution is 2.34. The van der Waals surface area contributed by atoms with E-state index >= 15 is 0 Å². The first-order valence-corrected chi connectivity index (χ1v) is 10.5. The third-order valence-corrected chi connectivity index (χ3v) is 6.34. The zero-order valence-corrected chi connectivity index (χ0v) is 16.7. The number of hydrogen-bond acceptors (Lipinski definition) is 3. The molecule has 0 fully saturated rings. The van der Waals surface area contributed by atoms with E-state index < -0.39 is 15.3 Å². The molecule has 0 spiro atoms. The molecule has 0 unspecified atom stereocenters. The Hall–Kier alpha value is -2.98. The number of carbonyl (C=O) groups is 1. The quantitative estimate of drug-likeness (QED) is 0.529. The van der Waals surface area contributed by atoms with Gasteiger partial charge >= 0.3 is 0 Å². The van der Waals surface area contributed by atoms with Gasteiger partial charge in [-0.3, -0.25) is 4.79 Å². The molecule has 0 radical (unpaired) electrons. The first-order chi connectivity index (χ1) is 13.3. The summed E-state index contributed by atoms with van der Waals surface area (Å²) in [5.41, 5.74) is 0.0996. The number of sulfone groups is 1. The van der Waals surface area contributed by atoms with E-state index in [0.29, 0.717) is 11.1 Å². The topological polar surface area (TPSA) is 51.2 Å². The number of hydrogen-bond donors (Lipinski definition) is 0. The van der Waals surface area contributed by atoms with Gasteiger partial charge < -0.3 is 0 Å². The van der Waals surface area contributed by atoms with Crippen molar-refractivity contribution in [3.05, 3.63) is 108 Å². The average molecular weight is 391 g/mol. The summed E-state index contributed by atoms with van der Waals surface area (Å²) in [5, 5.41) is 0. The smallest absolute Gasteiger partial charge is 0.206 e. The molecule has 0 heterocycles. The van der Waals surface area contributed by atoms with Gasteiger partial charge in [0.05, 0.1) is 9.80 Å². The monoisotopic (exact) mass is 390 g/mol. The van der Waals surface area contributed by atoms with Gasteiger partial charge in [0.25, 0.3) is 0 Å². The highest BCUT2D eigenvalue weighted by atomic mass is 32.2. The lowest BCUT2D eigenvalue weighted by molar-refractivity contribution is 0.0886.